The van der Waals surface area contributed by atoms with Crippen LogP contribution in [0.15, 0.2) is 24.3 Å². The number of halogens is 2. The number of hydrogen-bond acceptors (Lipinski definition) is 5. The maximum Gasteiger partial charge on any atom is 0.387 e. The summed E-state index contributed by atoms with van der Waals surface area (Å²) in [5.74, 6) is -0.167. The van der Waals surface area contributed by atoms with Gasteiger partial charge in [-0.25, -0.2) is 0 Å². The molecular weight excluding hydrogens is 310 g/mol. The van der Waals surface area contributed by atoms with Gasteiger partial charge in [0.15, 0.2) is 0 Å². The van der Waals surface area contributed by atoms with Gasteiger partial charge in [0, 0.05) is 33.0 Å². The molecule has 1 aromatic rings. The van der Waals surface area contributed by atoms with Crippen LogP contribution in [0.1, 0.15) is 0 Å². The van der Waals surface area contributed by atoms with Gasteiger partial charge < -0.3 is 19.5 Å². The van der Waals surface area contributed by atoms with Gasteiger partial charge in [0.1, 0.15) is 5.75 Å². The minimum absolute atomic E-state index is 0.0415. The minimum Gasteiger partial charge on any atom is -0.435 e. The second kappa shape index (κ2) is 10.9. The van der Waals surface area contributed by atoms with E-state index in [1.807, 2.05) is 4.90 Å². The first-order valence-corrected chi connectivity index (χ1v) is 7.10. The van der Waals surface area contributed by atoms with Crippen molar-refractivity contribution in [3.63, 3.8) is 0 Å². The molecule has 0 aliphatic heterocycles. The molecule has 0 fully saturated rings. The Labute approximate surface area is 134 Å². The largest absolute Gasteiger partial charge is 0.435 e. The van der Waals surface area contributed by atoms with Crippen molar-refractivity contribution >= 4 is 11.6 Å². The van der Waals surface area contributed by atoms with E-state index < -0.39 is 6.61 Å². The van der Waals surface area contributed by atoms with Crippen LogP contribution in [0.3, 0.4) is 0 Å². The fourth-order valence-corrected chi connectivity index (χ4v) is 1.83. The zero-order chi connectivity index (χ0) is 17.1. The van der Waals surface area contributed by atoms with Crippen molar-refractivity contribution in [2.75, 3.05) is 52.4 Å². The lowest BCUT2D eigenvalue weighted by atomic mass is 10.3. The number of carbonyl (C=O) groups is 1. The molecule has 8 heteroatoms. The van der Waals surface area contributed by atoms with Crippen LogP contribution in [0, 0.1) is 0 Å². The summed E-state index contributed by atoms with van der Waals surface area (Å²) in [6.45, 7) is -0.455. The molecule has 1 aromatic carbocycles. The van der Waals surface area contributed by atoms with Crippen molar-refractivity contribution in [1.29, 1.82) is 0 Å². The summed E-state index contributed by atoms with van der Waals surface area (Å²) in [5, 5.41) is 2.70. The van der Waals surface area contributed by atoms with E-state index in [0.29, 0.717) is 32.0 Å². The number of rotatable bonds is 11. The fraction of sp³-hybridized carbons (Fsp3) is 0.533. The third-order valence-corrected chi connectivity index (χ3v) is 2.95. The summed E-state index contributed by atoms with van der Waals surface area (Å²) < 4.78 is 38.4. The van der Waals surface area contributed by atoms with Gasteiger partial charge in [0.05, 0.1) is 19.8 Å². The van der Waals surface area contributed by atoms with Crippen LogP contribution < -0.4 is 10.1 Å². The minimum atomic E-state index is -2.87. The molecule has 0 aromatic heterocycles. The molecule has 0 aliphatic rings. The average Bonchev–Trinajstić information content (AvgIpc) is 2.51. The van der Waals surface area contributed by atoms with Gasteiger partial charge in [-0.2, -0.15) is 8.78 Å². The van der Waals surface area contributed by atoms with Crippen LogP contribution in [0.2, 0.25) is 0 Å². The molecular formula is C15H22F2N2O4. The molecule has 6 nitrogen and oxygen atoms in total. The number of methoxy groups -OCH3 is 2. The van der Waals surface area contributed by atoms with Gasteiger partial charge in [-0.15, -0.1) is 0 Å². The maximum absolute atomic E-state index is 12.1. The molecule has 1 amide bonds. The molecule has 0 bridgehead atoms. The number of alkyl halides is 2. The molecule has 130 valence electrons. The van der Waals surface area contributed by atoms with Crippen LogP contribution >= 0.6 is 0 Å². The predicted octanol–water partition coefficient (Wildman–Crippen LogP) is 1.82. The van der Waals surface area contributed by atoms with E-state index in [1.165, 1.54) is 24.3 Å². The summed E-state index contributed by atoms with van der Waals surface area (Å²) in [6.07, 6.45) is 0. The first-order chi connectivity index (χ1) is 11.0. The molecule has 0 saturated carbocycles. The molecule has 0 saturated heterocycles. The average molecular weight is 332 g/mol. The first-order valence-electron chi connectivity index (χ1n) is 7.10. The quantitative estimate of drug-likeness (QED) is 0.670. The predicted molar refractivity (Wildman–Crippen MR) is 81.9 cm³/mol. The molecule has 0 unspecified atom stereocenters. The van der Waals surface area contributed by atoms with Crippen LogP contribution in [0.4, 0.5) is 14.5 Å². The number of ether oxygens (including phenoxy) is 3. The van der Waals surface area contributed by atoms with Crippen molar-refractivity contribution in [3.05, 3.63) is 24.3 Å². The van der Waals surface area contributed by atoms with E-state index in [9.17, 15) is 13.6 Å². The van der Waals surface area contributed by atoms with Crippen LogP contribution in [-0.2, 0) is 14.3 Å². The van der Waals surface area contributed by atoms with E-state index in [0.717, 1.165) is 0 Å². The Bertz CT molecular complexity index is 449. The molecule has 0 aliphatic carbocycles. The van der Waals surface area contributed by atoms with E-state index in [2.05, 4.69) is 10.1 Å². The van der Waals surface area contributed by atoms with Gasteiger partial charge in [-0.05, 0) is 24.3 Å². The van der Waals surface area contributed by atoms with Gasteiger partial charge in [0.25, 0.3) is 0 Å². The molecule has 1 N–H and O–H groups in total. The normalized spacial score (nSPS) is 11.0. The Morgan fingerprint density at radius 3 is 2.17 bits per heavy atom. The molecule has 1 rings (SSSR count). The summed E-state index contributed by atoms with van der Waals surface area (Å²) in [4.78, 5) is 13.9. The standard InChI is InChI=1S/C15H22F2N2O4/c1-21-9-7-19(8-10-22-2)11-14(20)18-12-3-5-13(6-4-12)23-15(16)17/h3-6,15H,7-11H2,1-2H3,(H,18,20). The van der Waals surface area contributed by atoms with Crippen LogP contribution in [0.25, 0.3) is 0 Å². The SMILES string of the molecule is COCCN(CCOC)CC(=O)Nc1ccc(OC(F)F)cc1. The second-order valence-corrected chi connectivity index (χ2v) is 4.71. The van der Waals surface area contributed by atoms with Crippen molar-refractivity contribution in [1.82, 2.24) is 4.90 Å². The number of nitrogens with zero attached hydrogens (tertiary/aromatic N) is 1. The highest BCUT2D eigenvalue weighted by molar-refractivity contribution is 5.92. The first kappa shape index (κ1) is 19.3. The molecule has 0 atom stereocenters. The molecule has 0 heterocycles. The topological polar surface area (TPSA) is 60.0 Å². The van der Waals surface area contributed by atoms with E-state index >= 15 is 0 Å². The second-order valence-electron chi connectivity index (χ2n) is 4.71. The van der Waals surface area contributed by atoms with Gasteiger partial charge in [-0.1, -0.05) is 0 Å². The zero-order valence-electron chi connectivity index (χ0n) is 13.3. The number of hydrogen-bond donors (Lipinski definition) is 1. The summed E-state index contributed by atoms with van der Waals surface area (Å²) in [5.41, 5.74) is 0.509. The highest BCUT2D eigenvalue weighted by atomic mass is 19.3. The van der Waals surface area contributed by atoms with Crippen molar-refractivity contribution in [2.45, 2.75) is 6.61 Å². The summed E-state index contributed by atoms with van der Waals surface area (Å²) in [7, 11) is 3.19. The third kappa shape index (κ3) is 8.44. The van der Waals surface area contributed by atoms with Gasteiger partial charge in [-0.3, -0.25) is 9.69 Å². The lowest BCUT2D eigenvalue weighted by Gasteiger charge is -2.21. The van der Waals surface area contributed by atoms with E-state index in [1.54, 1.807) is 14.2 Å². The number of amides is 1. The highest BCUT2D eigenvalue weighted by Crippen LogP contribution is 2.17. The lowest BCUT2D eigenvalue weighted by molar-refractivity contribution is -0.117. The smallest absolute Gasteiger partial charge is 0.387 e. The molecule has 0 radical (unpaired) electrons. The monoisotopic (exact) mass is 332 g/mol. The Kier molecular flexibility index (Phi) is 9.11. The van der Waals surface area contributed by atoms with Crippen molar-refractivity contribution < 1.29 is 27.8 Å². The van der Waals surface area contributed by atoms with Gasteiger partial charge in [0.2, 0.25) is 5.91 Å². The van der Waals surface area contributed by atoms with Crippen molar-refractivity contribution in [2.24, 2.45) is 0 Å². The highest BCUT2D eigenvalue weighted by Gasteiger charge is 2.11. The maximum atomic E-state index is 12.1. The van der Waals surface area contributed by atoms with E-state index in [4.69, 9.17) is 9.47 Å². The molecule has 23 heavy (non-hydrogen) atoms. The Hall–Kier alpha value is -1.77. The summed E-state index contributed by atoms with van der Waals surface area (Å²) >= 11 is 0. The number of anilines is 1. The lowest BCUT2D eigenvalue weighted by Crippen LogP contribution is -2.37. The number of nitrogens with one attached hydrogen (secondary N) is 1. The summed E-state index contributed by atoms with van der Waals surface area (Å²) in [6, 6.07) is 5.75. The zero-order valence-corrected chi connectivity index (χ0v) is 13.3. The number of carbonyl (C=O) groups excluding carboxylic acids is 1. The van der Waals surface area contributed by atoms with Crippen molar-refractivity contribution in [3.8, 4) is 5.75 Å². The third-order valence-electron chi connectivity index (χ3n) is 2.95. The Balaban J connectivity index is 2.49. The van der Waals surface area contributed by atoms with Crippen LogP contribution in [0.5, 0.6) is 5.75 Å². The fourth-order valence-electron chi connectivity index (χ4n) is 1.83. The van der Waals surface area contributed by atoms with Crippen LogP contribution in [-0.4, -0.2) is 64.5 Å². The Morgan fingerprint density at radius 2 is 1.70 bits per heavy atom. The van der Waals surface area contributed by atoms with Gasteiger partial charge >= 0.3 is 6.61 Å². The molecule has 0 spiro atoms. The number of benzene rings is 1. The van der Waals surface area contributed by atoms with E-state index in [-0.39, 0.29) is 18.2 Å². The Morgan fingerprint density at radius 1 is 1.13 bits per heavy atom.